The van der Waals surface area contributed by atoms with Gasteiger partial charge in [0.2, 0.25) is 0 Å². The monoisotopic (exact) mass is 155 g/mol. The van der Waals surface area contributed by atoms with Crippen LogP contribution < -0.4 is 11.1 Å². The molecule has 0 aromatic rings. The summed E-state index contributed by atoms with van der Waals surface area (Å²) < 4.78 is 0. The lowest BCUT2D eigenvalue weighted by Gasteiger charge is -2.36. The second kappa shape index (κ2) is 3.39. The minimum atomic E-state index is -0.0494. The predicted octanol–water partition coefficient (Wildman–Crippen LogP) is -0.475. The van der Waals surface area contributed by atoms with Crippen molar-refractivity contribution in [2.45, 2.75) is 6.04 Å². The summed E-state index contributed by atoms with van der Waals surface area (Å²) in [5.74, 6) is 0. The molecule has 0 aromatic heterocycles. The van der Waals surface area contributed by atoms with Crippen molar-refractivity contribution in [3.63, 3.8) is 0 Å². The maximum Gasteiger partial charge on any atom is 0.317 e. The molecule has 1 rings (SSSR count). The van der Waals surface area contributed by atoms with Crippen molar-refractivity contribution in [3.8, 4) is 0 Å². The number of carbonyl (C=O) groups is 1. The number of nitrogens with one attached hydrogen (secondary N) is 1. The molecule has 3 N–H and O–H groups in total. The van der Waals surface area contributed by atoms with E-state index >= 15 is 0 Å². The SMILES string of the molecule is C=CCNC(=O)N1CC(N)C1. The summed E-state index contributed by atoms with van der Waals surface area (Å²) in [5.41, 5.74) is 5.49. The molecule has 4 heteroatoms. The van der Waals surface area contributed by atoms with Crippen molar-refractivity contribution in [1.29, 1.82) is 0 Å². The van der Waals surface area contributed by atoms with E-state index in [0.29, 0.717) is 19.6 Å². The van der Waals surface area contributed by atoms with E-state index in [1.165, 1.54) is 0 Å². The number of nitrogens with two attached hydrogens (primary N) is 1. The molecule has 1 aliphatic heterocycles. The third-order valence-corrected chi connectivity index (χ3v) is 1.59. The Morgan fingerprint density at radius 1 is 1.82 bits per heavy atom. The molecule has 0 aromatic carbocycles. The van der Waals surface area contributed by atoms with Crippen molar-refractivity contribution in [3.05, 3.63) is 12.7 Å². The molecule has 1 fully saturated rings. The van der Waals surface area contributed by atoms with Gasteiger partial charge in [-0.2, -0.15) is 0 Å². The highest BCUT2D eigenvalue weighted by Gasteiger charge is 2.26. The molecule has 0 aliphatic carbocycles. The molecule has 0 radical (unpaired) electrons. The molecule has 62 valence electrons. The van der Waals surface area contributed by atoms with Crippen LogP contribution in [0.4, 0.5) is 4.79 Å². The van der Waals surface area contributed by atoms with Gasteiger partial charge in [-0.05, 0) is 0 Å². The first-order chi connectivity index (χ1) is 5.24. The predicted molar refractivity (Wildman–Crippen MR) is 43.1 cm³/mol. The van der Waals surface area contributed by atoms with Gasteiger partial charge in [0.05, 0.1) is 0 Å². The third kappa shape index (κ3) is 1.94. The normalized spacial score (nSPS) is 17.4. The molecule has 1 heterocycles. The van der Waals surface area contributed by atoms with Crippen LogP contribution in [0.2, 0.25) is 0 Å². The van der Waals surface area contributed by atoms with Gasteiger partial charge >= 0.3 is 6.03 Å². The first-order valence-electron chi connectivity index (χ1n) is 3.63. The molecule has 0 unspecified atom stereocenters. The van der Waals surface area contributed by atoms with Crippen molar-refractivity contribution in [2.75, 3.05) is 19.6 Å². The van der Waals surface area contributed by atoms with Gasteiger partial charge in [0, 0.05) is 25.7 Å². The molecule has 2 amide bonds. The Kier molecular flexibility index (Phi) is 2.48. The fraction of sp³-hybridized carbons (Fsp3) is 0.571. The van der Waals surface area contributed by atoms with E-state index in [1.807, 2.05) is 0 Å². The number of amides is 2. The van der Waals surface area contributed by atoms with Crippen LogP contribution in [0.3, 0.4) is 0 Å². The molecular weight excluding hydrogens is 142 g/mol. The summed E-state index contributed by atoms with van der Waals surface area (Å²) >= 11 is 0. The van der Waals surface area contributed by atoms with Crippen molar-refractivity contribution in [1.82, 2.24) is 10.2 Å². The molecule has 1 aliphatic rings. The lowest BCUT2D eigenvalue weighted by atomic mass is 10.1. The molecule has 0 bridgehead atoms. The Balaban J connectivity index is 2.16. The molecular formula is C7H13N3O. The Morgan fingerprint density at radius 3 is 2.91 bits per heavy atom. The van der Waals surface area contributed by atoms with Crippen LogP contribution in [0.15, 0.2) is 12.7 Å². The van der Waals surface area contributed by atoms with Crippen LogP contribution >= 0.6 is 0 Å². The smallest absolute Gasteiger partial charge is 0.317 e. The van der Waals surface area contributed by atoms with Gasteiger partial charge in [-0.15, -0.1) is 6.58 Å². The number of urea groups is 1. The maximum atomic E-state index is 11.0. The Morgan fingerprint density at radius 2 is 2.45 bits per heavy atom. The minimum absolute atomic E-state index is 0.0494. The number of hydrogen-bond acceptors (Lipinski definition) is 2. The van der Waals surface area contributed by atoms with Crippen LogP contribution in [-0.2, 0) is 0 Å². The Bertz CT molecular complexity index is 163. The summed E-state index contributed by atoms with van der Waals surface area (Å²) in [5, 5.41) is 2.67. The van der Waals surface area contributed by atoms with Crippen LogP contribution in [0.25, 0.3) is 0 Å². The van der Waals surface area contributed by atoms with E-state index in [4.69, 9.17) is 5.73 Å². The third-order valence-electron chi connectivity index (χ3n) is 1.59. The Labute approximate surface area is 66.0 Å². The van der Waals surface area contributed by atoms with Gasteiger partial charge < -0.3 is 16.0 Å². The quantitative estimate of drug-likeness (QED) is 0.529. The van der Waals surface area contributed by atoms with E-state index < -0.39 is 0 Å². The van der Waals surface area contributed by atoms with E-state index in [9.17, 15) is 4.79 Å². The van der Waals surface area contributed by atoms with E-state index in [-0.39, 0.29) is 12.1 Å². The molecule has 0 saturated carbocycles. The average molecular weight is 155 g/mol. The van der Waals surface area contributed by atoms with Gasteiger partial charge in [0.25, 0.3) is 0 Å². The molecule has 11 heavy (non-hydrogen) atoms. The van der Waals surface area contributed by atoms with E-state index in [0.717, 1.165) is 0 Å². The van der Waals surface area contributed by atoms with E-state index in [2.05, 4.69) is 11.9 Å². The molecule has 0 atom stereocenters. The minimum Gasteiger partial charge on any atom is -0.335 e. The highest BCUT2D eigenvalue weighted by atomic mass is 16.2. The largest absolute Gasteiger partial charge is 0.335 e. The number of carbonyl (C=O) groups excluding carboxylic acids is 1. The Hall–Kier alpha value is -1.03. The van der Waals surface area contributed by atoms with Gasteiger partial charge in [-0.25, -0.2) is 4.79 Å². The highest BCUT2D eigenvalue weighted by molar-refractivity contribution is 5.75. The van der Waals surface area contributed by atoms with Crippen LogP contribution in [0, 0.1) is 0 Å². The molecule has 0 spiro atoms. The van der Waals surface area contributed by atoms with Gasteiger partial charge in [0.15, 0.2) is 0 Å². The van der Waals surface area contributed by atoms with Gasteiger partial charge in [0.1, 0.15) is 0 Å². The molecule has 1 saturated heterocycles. The maximum absolute atomic E-state index is 11.0. The number of likely N-dealkylation sites (tertiary alicyclic amines) is 1. The lowest BCUT2D eigenvalue weighted by molar-refractivity contribution is 0.153. The fourth-order valence-corrected chi connectivity index (χ4v) is 0.950. The van der Waals surface area contributed by atoms with Crippen molar-refractivity contribution < 1.29 is 4.79 Å². The van der Waals surface area contributed by atoms with Crippen molar-refractivity contribution >= 4 is 6.03 Å². The van der Waals surface area contributed by atoms with Crippen LogP contribution in [0.5, 0.6) is 0 Å². The van der Waals surface area contributed by atoms with E-state index in [1.54, 1.807) is 11.0 Å². The van der Waals surface area contributed by atoms with Crippen molar-refractivity contribution in [2.24, 2.45) is 5.73 Å². The summed E-state index contributed by atoms with van der Waals surface area (Å²) in [6.07, 6.45) is 1.65. The average Bonchev–Trinajstić information content (AvgIpc) is 1.94. The molecule has 4 nitrogen and oxygen atoms in total. The number of nitrogens with zero attached hydrogens (tertiary/aromatic N) is 1. The summed E-state index contributed by atoms with van der Waals surface area (Å²) in [7, 11) is 0. The summed E-state index contributed by atoms with van der Waals surface area (Å²) in [4.78, 5) is 12.7. The zero-order valence-electron chi connectivity index (χ0n) is 6.42. The number of rotatable bonds is 2. The zero-order chi connectivity index (χ0) is 8.27. The first kappa shape index (κ1) is 8.07. The zero-order valence-corrected chi connectivity index (χ0v) is 6.42. The summed E-state index contributed by atoms with van der Waals surface area (Å²) in [6, 6.07) is 0.121. The van der Waals surface area contributed by atoms with Crippen LogP contribution in [0.1, 0.15) is 0 Å². The fourth-order valence-electron chi connectivity index (χ4n) is 0.950. The van der Waals surface area contributed by atoms with Crippen LogP contribution in [-0.4, -0.2) is 36.6 Å². The standard InChI is InChI=1S/C7H13N3O/c1-2-3-9-7(11)10-4-6(8)5-10/h2,6H,1,3-5,8H2,(H,9,11). The first-order valence-corrected chi connectivity index (χ1v) is 3.63. The summed E-state index contributed by atoms with van der Waals surface area (Å²) in [6.45, 7) is 5.35. The van der Waals surface area contributed by atoms with Gasteiger partial charge in [-0.1, -0.05) is 6.08 Å². The number of hydrogen-bond donors (Lipinski definition) is 2. The topological polar surface area (TPSA) is 58.4 Å². The van der Waals surface area contributed by atoms with Gasteiger partial charge in [-0.3, -0.25) is 0 Å². The second-order valence-electron chi connectivity index (χ2n) is 2.64. The highest BCUT2D eigenvalue weighted by Crippen LogP contribution is 2.03. The lowest BCUT2D eigenvalue weighted by Crippen LogP contribution is -2.60. The second-order valence-corrected chi connectivity index (χ2v) is 2.64.